The van der Waals surface area contributed by atoms with E-state index < -0.39 is 0 Å². The van der Waals surface area contributed by atoms with Crippen molar-refractivity contribution in [3.05, 3.63) is 193 Å². The number of hydrogen-bond acceptors (Lipinski definition) is 2. The van der Waals surface area contributed by atoms with Crippen LogP contribution in [0.1, 0.15) is 25.0 Å². The van der Waals surface area contributed by atoms with Crippen LogP contribution in [0.4, 0.5) is 0 Å². The second-order valence-electron chi connectivity index (χ2n) is 14.6. The molecule has 1 aliphatic carbocycles. The topological polar surface area (TPSA) is 25.8 Å². The molecule has 10 rings (SSSR count). The monoisotopic (exact) mass is 676 g/mol. The van der Waals surface area contributed by atoms with Gasteiger partial charge in [0, 0.05) is 22.1 Å². The normalized spacial score (nSPS) is 12.9. The van der Waals surface area contributed by atoms with Crippen molar-refractivity contribution < 1.29 is 0 Å². The average molecular weight is 677 g/mol. The van der Waals surface area contributed by atoms with E-state index in [1.807, 2.05) is 24.3 Å². The standard InChI is InChI=1S/C51H36N2/c1-51(2)46-31-38-19-10-9-18-37(38)30-45(46)44-23-13-22-40(49(44)51)34-26-24-33(25-27-34)39-28-29-43(42-21-12-11-20-41(39)42)48-32-47(35-14-5-3-6-15-35)52-50(53-48)36-16-7-4-8-17-36/h3-32H,1-2H3. The third-order valence-electron chi connectivity index (χ3n) is 11.1. The van der Waals surface area contributed by atoms with E-state index in [0.29, 0.717) is 0 Å². The van der Waals surface area contributed by atoms with Crippen molar-refractivity contribution in [3.63, 3.8) is 0 Å². The first-order valence-electron chi connectivity index (χ1n) is 18.3. The van der Waals surface area contributed by atoms with Crippen molar-refractivity contribution in [1.82, 2.24) is 9.97 Å². The Labute approximate surface area is 310 Å². The number of rotatable bonds is 5. The van der Waals surface area contributed by atoms with Crippen LogP contribution in [0.15, 0.2) is 182 Å². The largest absolute Gasteiger partial charge is 0.228 e. The van der Waals surface area contributed by atoms with E-state index in [1.165, 1.54) is 66.1 Å². The lowest BCUT2D eigenvalue weighted by molar-refractivity contribution is 0.663. The van der Waals surface area contributed by atoms with Crippen molar-refractivity contribution in [2.45, 2.75) is 19.3 Å². The minimum absolute atomic E-state index is 0.113. The summed E-state index contributed by atoms with van der Waals surface area (Å²) in [6.07, 6.45) is 0. The Bertz CT molecular complexity index is 2780. The van der Waals surface area contributed by atoms with Crippen LogP contribution in [0, 0.1) is 0 Å². The summed E-state index contributed by atoms with van der Waals surface area (Å²) < 4.78 is 0. The molecular formula is C51H36N2. The summed E-state index contributed by atoms with van der Waals surface area (Å²) in [4.78, 5) is 10.2. The molecule has 0 bridgehead atoms. The van der Waals surface area contributed by atoms with Gasteiger partial charge in [-0.15, -0.1) is 0 Å². The fourth-order valence-corrected chi connectivity index (χ4v) is 8.47. The zero-order valence-corrected chi connectivity index (χ0v) is 29.7. The van der Waals surface area contributed by atoms with E-state index >= 15 is 0 Å². The molecule has 0 aliphatic heterocycles. The Morgan fingerprint density at radius 1 is 0.358 bits per heavy atom. The molecule has 1 aliphatic rings. The molecular weight excluding hydrogens is 641 g/mol. The Kier molecular flexibility index (Phi) is 7.19. The molecule has 250 valence electrons. The molecule has 2 heteroatoms. The summed E-state index contributed by atoms with van der Waals surface area (Å²) >= 11 is 0. The van der Waals surface area contributed by atoms with Gasteiger partial charge in [0.05, 0.1) is 11.4 Å². The highest BCUT2D eigenvalue weighted by Crippen LogP contribution is 2.53. The molecule has 0 saturated heterocycles. The van der Waals surface area contributed by atoms with Crippen molar-refractivity contribution >= 4 is 21.5 Å². The molecule has 0 atom stereocenters. The summed E-state index contributed by atoms with van der Waals surface area (Å²) in [7, 11) is 0. The van der Waals surface area contributed by atoms with Crippen molar-refractivity contribution in [2.24, 2.45) is 0 Å². The molecule has 9 aromatic rings. The predicted molar refractivity (Wildman–Crippen MR) is 222 cm³/mol. The Hall–Kier alpha value is -6.64. The Balaban J connectivity index is 1.06. The van der Waals surface area contributed by atoms with Crippen LogP contribution in [0.2, 0.25) is 0 Å². The quantitative estimate of drug-likeness (QED) is 0.181. The van der Waals surface area contributed by atoms with Gasteiger partial charge < -0.3 is 0 Å². The molecule has 0 N–H and O–H groups in total. The summed E-state index contributed by atoms with van der Waals surface area (Å²) in [5.74, 6) is 0.720. The summed E-state index contributed by atoms with van der Waals surface area (Å²) in [5.41, 5.74) is 15.3. The van der Waals surface area contributed by atoms with Crippen LogP contribution in [-0.2, 0) is 5.41 Å². The molecule has 2 nitrogen and oxygen atoms in total. The zero-order chi connectivity index (χ0) is 35.5. The molecule has 0 radical (unpaired) electrons. The first kappa shape index (κ1) is 31.1. The molecule has 53 heavy (non-hydrogen) atoms. The maximum Gasteiger partial charge on any atom is 0.160 e. The first-order valence-corrected chi connectivity index (χ1v) is 18.3. The lowest BCUT2D eigenvalue weighted by atomic mass is 9.78. The van der Waals surface area contributed by atoms with Crippen molar-refractivity contribution in [2.75, 3.05) is 0 Å². The van der Waals surface area contributed by atoms with Gasteiger partial charge >= 0.3 is 0 Å². The van der Waals surface area contributed by atoms with E-state index in [2.05, 4.69) is 172 Å². The number of hydrogen-bond donors (Lipinski definition) is 0. The van der Waals surface area contributed by atoms with E-state index in [-0.39, 0.29) is 5.41 Å². The van der Waals surface area contributed by atoms with Crippen LogP contribution in [0.3, 0.4) is 0 Å². The number of benzene rings is 8. The van der Waals surface area contributed by atoms with Gasteiger partial charge in [-0.2, -0.15) is 0 Å². The maximum absolute atomic E-state index is 5.16. The van der Waals surface area contributed by atoms with Gasteiger partial charge in [-0.05, 0) is 84.3 Å². The smallest absolute Gasteiger partial charge is 0.160 e. The van der Waals surface area contributed by atoms with Gasteiger partial charge in [0.15, 0.2) is 5.82 Å². The van der Waals surface area contributed by atoms with E-state index in [9.17, 15) is 0 Å². The molecule has 0 spiro atoms. The lowest BCUT2D eigenvalue weighted by Gasteiger charge is -2.25. The molecule has 0 amide bonds. The predicted octanol–water partition coefficient (Wildman–Crippen LogP) is 13.4. The minimum atomic E-state index is -0.113. The average Bonchev–Trinajstić information content (AvgIpc) is 3.45. The highest BCUT2D eigenvalue weighted by Gasteiger charge is 2.37. The van der Waals surface area contributed by atoms with Gasteiger partial charge in [-0.1, -0.05) is 178 Å². The summed E-state index contributed by atoms with van der Waals surface area (Å²) in [5, 5.41) is 4.95. The number of aromatic nitrogens is 2. The van der Waals surface area contributed by atoms with Gasteiger partial charge in [0.25, 0.3) is 0 Å². The van der Waals surface area contributed by atoms with Crippen LogP contribution in [0.5, 0.6) is 0 Å². The minimum Gasteiger partial charge on any atom is -0.228 e. The zero-order valence-electron chi connectivity index (χ0n) is 29.7. The molecule has 8 aromatic carbocycles. The Morgan fingerprint density at radius 3 is 1.62 bits per heavy atom. The maximum atomic E-state index is 5.16. The van der Waals surface area contributed by atoms with Crippen molar-refractivity contribution in [3.8, 4) is 67.3 Å². The van der Waals surface area contributed by atoms with Crippen LogP contribution in [0.25, 0.3) is 88.8 Å². The van der Waals surface area contributed by atoms with Crippen LogP contribution in [-0.4, -0.2) is 9.97 Å². The second-order valence-corrected chi connectivity index (χ2v) is 14.6. The van der Waals surface area contributed by atoms with E-state index in [1.54, 1.807) is 0 Å². The van der Waals surface area contributed by atoms with Crippen LogP contribution < -0.4 is 0 Å². The highest BCUT2D eigenvalue weighted by molar-refractivity contribution is 6.05. The molecule has 1 heterocycles. The Morgan fingerprint density at radius 2 is 0.906 bits per heavy atom. The fourth-order valence-electron chi connectivity index (χ4n) is 8.47. The third-order valence-corrected chi connectivity index (χ3v) is 11.1. The number of fused-ring (bicyclic) bond motifs is 5. The third kappa shape index (κ3) is 5.18. The van der Waals surface area contributed by atoms with Gasteiger partial charge in [0.1, 0.15) is 0 Å². The lowest BCUT2D eigenvalue weighted by Crippen LogP contribution is -2.16. The molecule has 0 unspecified atom stereocenters. The summed E-state index contributed by atoms with van der Waals surface area (Å²) in [6, 6.07) is 65.4. The molecule has 0 fully saturated rings. The molecule has 0 saturated carbocycles. The van der Waals surface area contributed by atoms with Crippen molar-refractivity contribution in [1.29, 1.82) is 0 Å². The van der Waals surface area contributed by atoms with Crippen LogP contribution >= 0.6 is 0 Å². The SMILES string of the molecule is CC1(C)c2cc3ccccc3cc2-c2cccc(-c3ccc(-c4ccc(-c5cc(-c6ccccc6)nc(-c6ccccc6)n5)c5ccccc45)cc3)c21. The van der Waals surface area contributed by atoms with Gasteiger partial charge in [-0.3, -0.25) is 0 Å². The molecule has 1 aromatic heterocycles. The number of nitrogens with zero attached hydrogens (tertiary/aromatic N) is 2. The van der Waals surface area contributed by atoms with Gasteiger partial charge in [0.2, 0.25) is 0 Å². The van der Waals surface area contributed by atoms with E-state index in [0.717, 1.165) is 33.9 Å². The summed E-state index contributed by atoms with van der Waals surface area (Å²) in [6.45, 7) is 4.75. The fraction of sp³-hybridized carbons (Fsp3) is 0.0588. The highest BCUT2D eigenvalue weighted by atomic mass is 14.9. The first-order chi connectivity index (χ1) is 26.0. The second kappa shape index (κ2) is 12.3. The van der Waals surface area contributed by atoms with Gasteiger partial charge in [-0.25, -0.2) is 9.97 Å². The van der Waals surface area contributed by atoms with E-state index in [4.69, 9.17) is 9.97 Å².